The van der Waals surface area contributed by atoms with E-state index < -0.39 is 54.6 Å². The van der Waals surface area contributed by atoms with Crippen LogP contribution in [-0.4, -0.2) is 61.7 Å². The standard InChI is InChI=1S/C19H20Cl2O10/c1-8(22)27-14-15(28-9(2)23)17(29-10(3)24)19(31-16(14)18(25)26-4)30-13-11(20)6-5-7-12(13)21/h5-7,14-17,19H,1-4H3/t14-,15-,16-,17+,19+/m0/s1. The highest BCUT2D eigenvalue weighted by Crippen LogP contribution is 2.37. The minimum Gasteiger partial charge on any atom is -0.467 e. The molecule has 0 amide bonds. The van der Waals surface area contributed by atoms with E-state index in [0.29, 0.717) is 0 Å². The van der Waals surface area contributed by atoms with Gasteiger partial charge in [-0.2, -0.15) is 0 Å². The van der Waals surface area contributed by atoms with E-state index in [-0.39, 0.29) is 15.8 Å². The van der Waals surface area contributed by atoms with Gasteiger partial charge in [0.2, 0.25) is 12.4 Å². The maximum atomic E-state index is 12.4. The van der Waals surface area contributed by atoms with E-state index in [1.54, 1.807) is 6.07 Å². The third kappa shape index (κ3) is 6.22. The Balaban J connectivity index is 2.55. The zero-order valence-corrected chi connectivity index (χ0v) is 18.5. The predicted octanol–water partition coefficient (Wildman–Crippen LogP) is 2.07. The van der Waals surface area contributed by atoms with Crippen molar-refractivity contribution in [3.8, 4) is 5.75 Å². The smallest absolute Gasteiger partial charge is 0.339 e. The SMILES string of the molecule is COC(=O)[C@H]1O[C@@H](Oc2c(Cl)cccc2Cl)[C@H](OC(C)=O)[C@@H](OC(C)=O)[C@@H]1OC(C)=O. The van der Waals surface area contributed by atoms with Crippen LogP contribution in [0.2, 0.25) is 10.0 Å². The van der Waals surface area contributed by atoms with E-state index in [0.717, 1.165) is 27.9 Å². The van der Waals surface area contributed by atoms with Crippen molar-refractivity contribution in [3.63, 3.8) is 0 Å². The summed E-state index contributed by atoms with van der Waals surface area (Å²) in [5, 5.41) is 0.192. The molecule has 0 saturated carbocycles. The summed E-state index contributed by atoms with van der Waals surface area (Å²) in [5.74, 6) is -3.40. The van der Waals surface area contributed by atoms with Crippen LogP contribution in [0.25, 0.3) is 0 Å². The van der Waals surface area contributed by atoms with Gasteiger partial charge < -0.3 is 28.4 Å². The quantitative estimate of drug-likeness (QED) is 0.443. The Bertz CT molecular complexity index is 838. The van der Waals surface area contributed by atoms with E-state index >= 15 is 0 Å². The summed E-state index contributed by atoms with van der Waals surface area (Å²) in [6.07, 6.45) is -7.56. The minimum atomic E-state index is -1.59. The molecule has 10 nitrogen and oxygen atoms in total. The highest BCUT2D eigenvalue weighted by molar-refractivity contribution is 6.37. The molecule has 1 saturated heterocycles. The molecule has 1 aromatic carbocycles. The van der Waals surface area contributed by atoms with Crippen LogP contribution in [0.5, 0.6) is 5.75 Å². The summed E-state index contributed by atoms with van der Waals surface area (Å²) >= 11 is 12.3. The summed E-state index contributed by atoms with van der Waals surface area (Å²) in [5.41, 5.74) is 0. The van der Waals surface area contributed by atoms with Gasteiger partial charge in [0.1, 0.15) is 0 Å². The first-order valence-corrected chi connectivity index (χ1v) is 9.66. The van der Waals surface area contributed by atoms with Crippen LogP contribution in [0, 0.1) is 0 Å². The zero-order chi connectivity index (χ0) is 23.3. The molecule has 1 aliphatic heterocycles. The molecule has 0 aliphatic carbocycles. The van der Waals surface area contributed by atoms with Gasteiger partial charge >= 0.3 is 23.9 Å². The molecule has 1 heterocycles. The van der Waals surface area contributed by atoms with E-state index in [4.69, 9.17) is 51.6 Å². The van der Waals surface area contributed by atoms with Gasteiger partial charge in [-0.05, 0) is 12.1 Å². The molecular weight excluding hydrogens is 459 g/mol. The van der Waals surface area contributed by atoms with E-state index in [9.17, 15) is 19.2 Å². The number of para-hydroxylation sites is 1. The van der Waals surface area contributed by atoms with Crippen molar-refractivity contribution in [3.05, 3.63) is 28.2 Å². The van der Waals surface area contributed by atoms with Crippen molar-refractivity contribution in [1.82, 2.24) is 0 Å². The van der Waals surface area contributed by atoms with Crippen LogP contribution in [0.1, 0.15) is 20.8 Å². The molecule has 0 spiro atoms. The van der Waals surface area contributed by atoms with Crippen LogP contribution >= 0.6 is 23.2 Å². The number of benzene rings is 1. The molecule has 12 heteroatoms. The summed E-state index contributed by atoms with van der Waals surface area (Å²) in [6, 6.07) is 4.53. The lowest BCUT2D eigenvalue weighted by Crippen LogP contribution is -2.64. The highest BCUT2D eigenvalue weighted by Gasteiger charge is 2.56. The van der Waals surface area contributed by atoms with Gasteiger partial charge in [-0.3, -0.25) is 14.4 Å². The van der Waals surface area contributed by atoms with Crippen molar-refractivity contribution in [1.29, 1.82) is 0 Å². The van der Waals surface area contributed by atoms with E-state index in [1.807, 2.05) is 0 Å². The molecule has 31 heavy (non-hydrogen) atoms. The number of carbonyl (C=O) groups excluding carboxylic acids is 4. The Hall–Kier alpha value is -2.56. The highest BCUT2D eigenvalue weighted by atomic mass is 35.5. The van der Waals surface area contributed by atoms with Gasteiger partial charge in [0.05, 0.1) is 17.2 Å². The molecule has 1 fully saturated rings. The van der Waals surface area contributed by atoms with Crippen molar-refractivity contribution in [2.75, 3.05) is 7.11 Å². The number of hydrogen-bond donors (Lipinski definition) is 0. The summed E-state index contributed by atoms with van der Waals surface area (Å²) < 4.78 is 31.7. The first-order valence-electron chi connectivity index (χ1n) is 8.90. The minimum absolute atomic E-state index is 0.0379. The first-order chi connectivity index (χ1) is 14.5. The van der Waals surface area contributed by atoms with Gasteiger partial charge in [-0.25, -0.2) is 4.79 Å². The summed E-state index contributed by atoms with van der Waals surface area (Å²) in [7, 11) is 1.08. The largest absolute Gasteiger partial charge is 0.467 e. The second-order valence-electron chi connectivity index (χ2n) is 6.34. The molecule has 0 bridgehead atoms. The molecule has 1 aromatic rings. The molecule has 5 atom stereocenters. The Kier molecular flexibility index (Phi) is 8.49. The predicted molar refractivity (Wildman–Crippen MR) is 104 cm³/mol. The average Bonchev–Trinajstić information content (AvgIpc) is 2.67. The van der Waals surface area contributed by atoms with Crippen LogP contribution < -0.4 is 4.74 Å². The molecule has 1 aliphatic rings. The van der Waals surface area contributed by atoms with Gasteiger partial charge in [0, 0.05) is 20.8 Å². The molecule has 2 rings (SSSR count). The second-order valence-corrected chi connectivity index (χ2v) is 7.15. The molecule has 0 radical (unpaired) electrons. The lowest BCUT2D eigenvalue weighted by Gasteiger charge is -2.43. The first kappa shape index (κ1) is 24.7. The molecule has 170 valence electrons. The molecular formula is C19H20Cl2O10. The van der Waals surface area contributed by atoms with Gasteiger partial charge in [0.15, 0.2) is 24.1 Å². The van der Waals surface area contributed by atoms with Crippen molar-refractivity contribution < 1.29 is 47.6 Å². The topological polar surface area (TPSA) is 124 Å². The van der Waals surface area contributed by atoms with Crippen LogP contribution in [-0.2, 0) is 42.9 Å². The molecule has 0 unspecified atom stereocenters. The maximum absolute atomic E-state index is 12.4. The lowest BCUT2D eigenvalue weighted by molar-refractivity contribution is -0.282. The lowest BCUT2D eigenvalue weighted by atomic mass is 9.97. The Morgan fingerprint density at radius 3 is 1.81 bits per heavy atom. The number of esters is 4. The van der Waals surface area contributed by atoms with Crippen LogP contribution in [0.15, 0.2) is 18.2 Å². The number of methoxy groups -OCH3 is 1. The van der Waals surface area contributed by atoms with Crippen molar-refractivity contribution in [2.24, 2.45) is 0 Å². The Morgan fingerprint density at radius 2 is 1.32 bits per heavy atom. The van der Waals surface area contributed by atoms with E-state index in [2.05, 4.69) is 0 Å². The number of halogens is 2. The van der Waals surface area contributed by atoms with Crippen LogP contribution in [0.3, 0.4) is 0 Å². The van der Waals surface area contributed by atoms with Gasteiger partial charge in [0.25, 0.3) is 0 Å². The number of rotatable bonds is 6. The van der Waals surface area contributed by atoms with Crippen molar-refractivity contribution in [2.45, 2.75) is 51.5 Å². The molecule has 0 N–H and O–H groups in total. The van der Waals surface area contributed by atoms with Crippen molar-refractivity contribution >= 4 is 47.1 Å². The fraction of sp³-hybridized carbons (Fsp3) is 0.474. The Labute approximate surface area is 187 Å². The normalized spacial score (nSPS) is 25.2. The average molecular weight is 479 g/mol. The second kappa shape index (κ2) is 10.7. The fourth-order valence-electron chi connectivity index (χ4n) is 2.89. The maximum Gasteiger partial charge on any atom is 0.339 e. The number of carbonyl (C=O) groups is 4. The summed E-state index contributed by atoms with van der Waals surface area (Å²) in [6.45, 7) is 3.25. The zero-order valence-electron chi connectivity index (χ0n) is 17.0. The monoisotopic (exact) mass is 478 g/mol. The third-order valence-electron chi connectivity index (χ3n) is 3.99. The fourth-order valence-corrected chi connectivity index (χ4v) is 3.37. The third-order valence-corrected chi connectivity index (χ3v) is 4.58. The van der Waals surface area contributed by atoms with Gasteiger partial charge in [-0.15, -0.1) is 0 Å². The van der Waals surface area contributed by atoms with E-state index in [1.165, 1.54) is 12.1 Å². The molecule has 0 aromatic heterocycles. The number of hydrogen-bond acceptors (Lipinski definition) is 10. The summed E-state index contributed by atoms with van der Waals surface area (Å²) in [4.78, 5) is 47.5. The number of ether oxygens (including phenoxy) is 6. The van der Waals surface area contributed by atoms with Crippen LogP contribution in [0.4, 0.5) is 0 Å². The Morgan fingerprint density at radius 1 is 0.839 bits per heavy atom. The van der Waals surface area contributed by atoms with Gasteiger partial charge in [-0.1, -0.05) is 29.3 Å².